The van der Waals surface area contributed by atoms with Crippen molar-refractivity contribution in [2.24, 2.45) is 7.05 Å². The van der Waals surface area contributed by atoms with Crippen molar-refractivity contribution < 1.29 is 18.7 Å². The number of aryl methyl sites for hydroxylation is 1. The third kappa shape index (κ3) is 4.40. The van der Waals surface area contributed by atoms with Crippen LogP contribution in [-0.2, 0) is 16.6 Å². The summed E-state index contributed by atoms with van der Waals surface area (Å²) in [5.74, 6) is -0.183. The number of amides is 1. The van der Waals surface area contributed by atoms with Gasteiger partial charge in [0, 0.05) is 37.8 Å². The molecule has 1 aliphatic heterocycles. The van der Waals surface area contributed by atoms with Gasteiger partial charge in [0.25, 0.3) is 5.88 Å². The van der Waals surface area contributed by atoms with Crippen LogP contribution in [0.15, 0.2) is 36.8 Å². The van der Waals surface area contributed by atoms with Crippen molar-refractivity contribution in [1.29, 1.82) is 0 Å². The lowest BCUT2D eigenvalue weighted by atomic mass is 10.1. The van der Waals surface area contributed by atoms with Crippen LogP contribution in [0.25, 0.3) is 22.2 Å². The molecule has 12 heteroatoms. The highest BCUT2D eigenvalue weighted by Gasteiger charge is 2.29. The Hall–Kier alpha value is -4.03. The van der Waals surface area contributed by atoms with Gasteiger partial charge in [-0.3, -0.25) is 9.48 Å². The van der Waals surface area contributed by atoms with Crippen LogP contribution < -0.4 is 20.7 Å². The predicted molar refractivity (Wildman–Crippen MR) is 128 cm³/mol. The largest absolute Gasteiger partial charge is 0.478 e. The molecule has 5 rings (SSSR count). The van der Waals surface area contributed by atoms with E-state index in [-0.39, 0.29) is 29.7 Å². The number of carbonyl (C=O) groups excluding carboxylic acids is 1. The summed E-state index contributed by atoms with van der Waals surface area (Å²) in [5, 5.41) is 14.0. The minimum atomic E-state index is -0.579. The summed E-state index contributed by atoms with van der Waals surface area (Å²) >= 11 is 0. The number of carbonyl (C=O) groups is 1. The van der Waals surface area contributed by atoms with Gasteiger partial charge in [-0.15, -0.1) is 5.10 Å². The molecular weight excluding hydrogens is 455 g/mol. The molecule has 1 aromatic carbocycles. The molecule has 0 aliphatic carbocycles. The fourth-order valence-corrected chi connectivity index (χ4v) is 4.20. The minimum Gasteiger partial charge on any atom is -0.478 e. The third-order valence-corrected chi connectivity index (χ3v) is 5.95. The molecule has 182 valence electrons. The number of halogens is 1. The number of ether oxygens (including phenoxy) is 2. The van der Waals surface area contributed by atoms with Gasteiger partial charge in [-0.05, 0) is 12.5 Å². The van der Waals surface area contributed by atoms with E-state index in [9.17, 15) is 9.18 Å². The number of nitrogens with one attached hydrogen (secondary N) is 4. The Morgan fingerprint density at radius 1 is 1.29 bits per heavy atom. The van der Waals surface area contributed by atoms with E-state index in [0.717, 1.165) is 6.20 Å². The number of nitrogens with zero attached hydrogens (tertiary/aromatic N) is 4. The maximum Gasteiger partial charge on any atom is 0.256 e. The predicted octanol–water partition coefficient (Wildman–Crippen LogP) is 2.57. The summed E-state index contributed by atoms with van der Waals surface area (Å²) in [6.45, 7) is 0.625. The van der Waals surface area contributed by atoms with E-state index in [0.29, 0.717) is 46.7 Å². The van der Waals surface area contributed by atoms with Gasteiger partial charge in [-0.25, -0.2) is 14.4 Å². The molecule has 4 heterocycles. The van der Waals surface area contributed by atoms with Gasteiger partial charge >= 0.3 is 0 Å². The van der Waals surface area contributed by atoms with Gasteiger partial charge in [0.05, 0.1) is 42.9 Å². The highest BCUT2D eigenvalue weighted by Crippen LogP contribution is 2.34. The summed E-state index contributed by atoms with van der Waals surface area (Å²) in [4.78, 5) is 24.4. The Bertz CT molecular complexity index is 1380. The summed E-state index contributed by atoms with van der Waals surface area (Å²) in [6.07, 6.45) is 5.08. The molecule has 4 N–H and O–H groups in total. The molecule has 3 aromatic heterocycles. The molecule has 35 heavy (non-hydrogen) atoms. The van der Waals surface area contributed by atoms with Crippen molar-refractivity contribution in [3.05, 3.63) is 42.6 Å². The van der Waals surface area contributed by atoms with Gasteiger partial charge in [0.2, 0.25) is 11.9 Å². The Labute approximate surface area is 200 Å². The number of fused-ring (bicyclic) bond motifs is 1. The first-order chi connectivity index (χ1) is 17.0. The number of aromatic amines is 1. The number of methoxy groups -OCH3 is 2. The normalized spacial score (nSPS) is 17.6. The lowest BCUT2D eigenvalue weighted by Crippen LogP contribution is -2.35. The third-order valence-electron chi connectivity index (χ3n) is 5.95. The molecule has 4 aromatic rings. The fourth-order valence-electron chi connectivity index (χ4n) is 4.20. The molecule has 2 atom stereocenters. The Morgan fingerprint density at radius 3 is 2.91 bits per heavy atom. The molecule has 1 unspecified atom stereocenters. The minimum absolute atomic E-state index is 0.00816. The van der Waals surface area contributed by atoms with Crippen LogP contribution in [-0.4, -0.2) is 63.5 Å². The van der Waals surface area contributed by atoms with Gasteiger partial charge in [-0.2, -0.15) is 0 Å². The highest BCUT2D eigenvalue weighted by molar-refractivity contribution is 6.06. The topological polar surface area (TPSA) is 131 Å². The Morgan fingerprint density at radius 2 is 2.14 bits per heavy atom. The second-order valence-corrected chi connectivity index (χ2v) is 8.21. The van der Waals surface area contributed by atoms with E-state index in [1.807, 2.05) is 6.07 Å². The zero-order valence-corrected chi connectivity index (χ0v) is 19.4. The van der Waals surface area contributed by atoms with Crippen LogP contribution in [0.5, 0.6) is 5.88 Å². The summed E-state index contributed by atoms with van der Waals surface area (Å²) in [6, 6.07) is 5.08. The van der Waals surface area contributed by atoms with Crippen LogP contribution in [0.4, 0.5) is 21.7 Å². The second kappa shape index (κ2) is 9.31. The number of anilines is 3. The van der Waals surface area contributed by atoms with Crippen molar-refractivity contribution in [1.82, 2.24) is 30.0 Å². The number of H-pyrrole nitrogens is 1. The van der Waals surface area contributed by atoms with Gasteiger partial charge in [0.1, 0.15) is 11.4 Å². The van der Waals surface area contributed by atoms with Gasteiger partial charge in [-0.1, -0.05) is 12.1 Å². The van der Waals surface area contributed by atoms with Crippen molar-refractivity contribution in [2.75, 3.05) is 31.4 Å². The first-order valence-electron chi connectivity index (χ1n) is 11.0. The number of hydrogen-bond donors (Lipinski definition) is 4. The van der Waals surface area contributed by atoms with E-state index in [4.69, 9.17) is 9.47 Å². The highest BCUT2D eigenvalue weighted by atomic mass is 19.1. The molecule has 1 aliphatic rings. The molecule has 1 amide bonds. The average molecular weight is 481 g/mol. The molecule has 0 spiro atoms. The lowest BCUT2D eigenvalue weighted by molar-refractivity contribution is -0.118. The van der Waals surface area contributed by atoms with E-state index >= 15 is 0 Å². The van der Waals surface area contributed by atoms with Crippen LogP contribution in [0.1, 0.15) is 6.42 Å². The van der Waals surface area contributed by atoms with Crippen LogP contribution in [0.3, 0.4) is 0 Å². The zero-order chi connectivity index (χ0) is 24.5. The van der Waals surface area contributed by atoms with E-state index < -0.39 is 5.82 Å². The zero-order valence-electron chi connectivity index (χ0n) is 19.4. The van der Waals surface area contributed by atoms with Gasteiger partial charge in [0.15, 0.2) is 5.82 Å². The maximum absolute atomic E-state index is 14.8. The fraction of sp³-hybridized carbons (Fsp3) is 0.304. The van der Waals surface area contributed by atoms with E-state index in [2.05, 4.69) is 36.0 Å². The molecule has 11 nitrogen and oxygen atoms in total. The first kappa shape index (κ1) is 22.7. The van der Waals surface area contributed by atoms with Crippen LogP contribution in [0, 0.1) is 5.82 Å². The Balaban J connectivity index is 1.43. The van der Waals surface area contributed by atoms with Crippen molar-refractivity contribution in [3.8, 4) is 17.1 Å². The number of para-hydroxylation sites is 1. The smallest absolute Gasteiger partial charge is 0.256 e. The maximum atomic E-state index is 14.8. The number of hydrogen-bond acceptors (Lipinski definition) is 8. The van der Waals surface area contributed by atoms with Crippen LogP contribution in [0.2, 0.25) is 0 Å². The molecule has 1 saturated heterocycles. The van der Waals surface area contributed by atoms with Gasteiger partial charge < -0.3 is 30.4 Å². The van der Waals surface area contributed by atoms with Crippen LogP contribution >= 0.6 is 0 Å². The second-order valence-electron chi connectivity index (χ2n) is 8.21. The number of rotatable bonds is 7. The van der Waals surface area contributed by atoms with Crippen molar-refractivity contribution >= 4 is 34.1 Å². The summed E-state index contributed by atoms with van der Waals surface area (Å²) < 4.78 is 27.0. The summed E-state index contributed by atoms with van der Waals surface area (Å²) in [5.41, 5.74) is 2.46. The standard InChI is InChI=1S/C23H25FN8O3/c1-32-11-18(22(31-32)35-3)29-23-27-10-15(24)19(30-23)14-9-26-20-13(14)5-4-6-16(20)28-21(33)17-7-12(34-2)8-25-17/h4-6,9-12,17,25-26H,7-8H2,1-3H3,(H,28,33)(H,27,29,30)/t12-,17?/m0/s1. The Kier molecular flexibility index (Phi) is 6.05. The number of benzene rings is 1. The summed E-state index contributed by atoms with van der Waals surface area (Å²) in [7, 11) is 4.89. The first-order valence-corrected chi connectivity index (χ1v) is 11.0. The molecule has 0 bridgehead atoms. The average Bonchev–Trinajstić information content (AvgIpc) is 3.59. The van der Waals surface area contributed by atoms with E-state index in [1.54, 1.807) is 43.4 Å². The van der Waals surface area contributed by atoms with Crippen molar-refractivity contribution in [3.63, 3.8) is 0 Å². The molecule has 1 fully saturated rings. The monoisotopic (exact) mass is 480 g/mol. The molecule has 0 saturated carbocycles. The van der Waals surface area contributed by atoms with Crippen molar-refractivity contribution in [2.45, 2.75) is 18.6 Å². The van der Waals surface area contributed by atoms with E-state index in [1.165, 1.54) is 7.11 Å². The molecule has 0 radical (unpaired) electrons. The quantitative estimate of drug-likeness (QED) is 0.318. The lowest BCUT2D eigenvalue weighted by Gasteiger charge is -2.12. The molecular formula is C23H25FN8O3. The SMILES string of the molecule is COc1nn(C)cc1Nc1ncc(F)c(-c2c[nH]c3c(NC(=O)C4C[C@H](OC)CN4)cccc23)n1. The number of aromatic nitrogens is 5.